The van der Waals surface area contributed by atoms with Crippen LogP contribution < -0.4 is 10.8 Å². The van der Waals surface area contributed by atoms with Gasteiger partial charge in [-0.05, 0) is 42.5 Å². The molecule has 1 heterocycles. The average molecular weight is 354 g/mol. The number of hydroxylamine groups is 1. The molecular weight excluding hydrogens is 336 g/mol. The van der Waals surface area contributed by atoms with Crippen LogP contribution in [0.5, 0.6) is 0 Å². The van der Waals surface area contributed by atoms with Gasteiger partial charge < -0.3 is 5.32 Å². The third-order valence-electron chi connectivity index (χ3n) is 3.87. The SMILES string of the molecule is O=C(CCC1=CC=CC=CC1)Nc1ccc2sc(C(=O)NO)cc2c1. The summed E-state index contributed by atoms with van der Waals surface area (Å²) in [5.41, 5.74) is 3.55. The number of anilines is 1. The van der Waals surface area contributed by atoms with E-state index in [1.54, 1.807) is 11.5 Å². The maximum Gasteiger partial charge on any atom is 0.284 e. The molecule has 2 aromatic rings. The van der Waals surface area contributed by atoms with E-state index in [9.17, 15) is 9.59 Å². The number of carbonyl (C=O) groups is 2. The zero-order chi connectivity index (χ0) is 17.6. The fourth-order valence-electron chi connectivity index (χ4n) is 2.59. The monoisotopic (exact) mass is 354 g/mol. The van der Waals surface area contributed by atoms with Crippen LogP contribution >= 0.6 is 11.3 Å². The topological polar surface area (TPSA) is 78.4 Å². The summed E-state index contributed by atoms with van der Waals surface area (Å²) < 4.78 is 0.916. The van der Waals surface area contributed by atoms with E-state index in [-0.39, 0.29) is 5.91 Å². The summed E-state index contributed by atoms with van der Waals surface area (Å²) in [4.78, 5) is 24.1. The van der Waals surface area contributed by atoms with Gasteiger partial charge in [-0.3, -0.25) is 14.8 Å². The molecule has 1 aromatic carbocycles. The third-order valence-corrected chi connectivity index (χ3v) is 4.98. The van der Waals surface area contributed by atoms with E-state index < -0.39 is 5.91 Å². The average Bonchev–Trinajstić information content (AvgIpc) is 2.86. The number of rotatable bonds is 5. The van der Waals surface area contributed by atoms with Crippen LogP contribution in [0, 0.1) is 0 Å². The molecule has 6 heteroatoms. The van der Waals surface area contributed by atoms with Crippen molar-refractivity contribution in [1.82, 2.24) is 5.48 Å². The van der Waals surface area contributed by atoms with Crippen molar-refractivity contribution >= 4 is 38.9 Å². The first kappa shape index (κ1) is 17.1. The molecule has 0 spiro atoms. The summed E-state index contributed by atoms with van der Waals surface area (Å²) in [5, 5.41) is 12.5. The smallest absolute Gasteiger partial charge is 0.284 e. The number of hydrogen-bond acceptors (Lipinski definition) is 4. The standard InChI is InChI=1S/C19H18N2O3S/c22-18(10-7-13-5-3-1-2-4-6-13)20-15-8-9-16-14(11-15)12-17(25-16)19(23)21-24/h1-5,8-9,11-12,24H,6-7,10H2,(H,20,22)(H,21,23). The summed E-state index contributed by atoms with van der Waals surface area (Å²) in [7, 11) is 0. The number of fused-ring (bicyclic) bond motifs is 1. The summed E-state index contributed by atoms with van der Waals surface area (Å²) in [6, 6.07) is 7.19. The molecule has 0 atom stereocenters. The Morgan fingerprint density at radius 2 is 2.04 bits per heavy atom. The first-order valence-electron chi connectivity index (χ1n) is 7.95. The highest BCUT2D eigenvalue weighted by atomic mass is 32.1. The molecule has 0 aliphatic heterocycles. The number of thiophene rings is 1. The molecule has 0 bridgehead atoms. The lowest BCUT2D eigenvalue weighted by atomic mass is 10.1. The molecule has 1 aliphatic rings. The van der Waals surface area contributed by atoms with Crippen molar-refractivity contribution in [3.05, 3.63) is 65.1 Å². The van der Waals surface area contributed by atoms with Gasteiger partial charge in [0.25, 0.3) is 5.91 Å². The summed E-state index contributed by atoms with van der Waals surface area (Å²) in [6.45, 7) is 0. The van der Waals surface area contributed by atoms with Crippen LogP contribution in [0.3, 0.4) is 0 Å². The minimum atomic E-state index is -0.536. The van der Waals surface area contributed by atoms with Gasteiger partial charge in [0.05, 0.1) is 4.88 Å². The van der Waals surface area contributed by atoms with Crippen LogP contribution in [-0.4, -0.2) is 17.0 Å². The highest BCUT2D eigenvalue weighted by Gasteiger charge is 2.10. The zero-order valence-corrected chi connectivity index (χ0v) is 14.3. The molecule has 2 amide bonds. The van der Waals surface area contributed by atoms with E-state index in [2.05, 4.69) is 17.5 Å². The van der Waals surface area contributed by atoms with E-state index in [0.717, 1.165) is 22.9 Å². The molecule has 0 unspecified atom stereocenters. The number of nitrogens with one attached hydrogen (secondary N) is 2. The lowest BCUT2D eigenvalue weighted by Crippen LogP contribution is -2.16. The van der Waals surface area contributed by atoms with Crippen LogP contribution in [-0.2, 0) is 4.79 Å². The zero-order valence-electron chi connectivity index (χ0n) is 13.5. The molecule has 0 fully saturated rings. The van der Waals surface area contributed by atoms with Gasteiger partial charge in [0.2, 0.25) is 5.91 Å². The van der Waals surface area contributed by atoms with Crippen molar-refractivity contribution in [2.75, 3.05) is 5.32 Å². The highest BCUT2D eigenvalue weighted by molar-refractivity contribution is 7.20. The van der Waals surface area contributed by atoms with Crippen LogP contribution in [0.25, 0.3) is 10.1 Å². The molecular formula is C19H18N2O3S. The molecule has 3 rings (SSSR count). The normalized spacial score (nSPS) is 13.4. The maximum absolute atomic E-state index is 12.2. The van der Waals surface area contributed by atoms with Crippen molar-refractivity contribution in [1.29, 1.82) is 0 Å². The molecule has 1 aliphatic carbocycles. The van der Waals surface area contributed by atoms with Crippen LogP contribution in [0.15, 0.2) is 60.2 Å². The number of amides is 2. The Morgan fingerprint density at radius 1 is 1.16 bits per heavy atom. The second-order valence-electron chi connectivity index (χ2n) is 5.69. The quantitative estimate of drug-likeness (QED) is 0.557. The van der Waals surface area contributed by atoms with Gasteiger partial charge in [0, 0.05) is 16.8 Å². The molecule has 25 heavy (non-hydrogen) atoms. The van der Waals surface area contributed by atoms with E-state index in [4.69, 9.17) is 5.21 Å². The Bertz CT molecular complexity index is 893. The fraction of sp³-hybridized carbons (Fsp3) is 0.158. The predicted octanol–water partition coefficient (Wildman–Crippen LogP) is 4.18. The minimum Gasteiger partial charge on any atom is -0.326 e. The predicted molar refractivity (Wildman–Crippen MR) is 99.9 cm³/mol. The third kappa shape index (κ3) is 4.43. The second kappa shape index (κ2) is 7.92. The first-order valence-corrected chi connectivity index (χ1v) is 8.76. The van der Waals surface area contributed by atoms with Crippen molar-refractivity contribution < 1.29 is 14.8 Å². The van der Waals surface area contributed by atoms with Gasteiger partial charge >= 0.3 is 0 Å². The van der Waals surface area contributed by atoms with Gasteiger partial charge in [-0.25, -0.2) is 5.48 Å². The summed E-state index contributed by atoms with van der Waals surface area (Å²) in [6.07, 6.45) is 12.1. The van der Waals surface area contributed by atoms with Gasteiger partial charge in [-0.15, -0.1) is 11.3 Å². The minimum absolute atomic E-state index is 0.0407. The summed E-state index contributed by atoms with van der Waals surface area (Å²) in [5.74, 6) is -0.576. The van der Waals surface area contributed by atoms with Crippen molar-refractivity contribution in [3.8, 4) is 0 Å². The van der Waals surface area contributed by atoms with Gasteiger partial charge in [0.1, 0.15) is 0 Å². The van der Waals surface area contributed by atoms with Crippen LogP contribution in [0.4, 0.5) is 5.69 Å². The maximum atomic E-state index is 12.2. The van der Waals surface area contributed by atoms with Gasteiger partial charge in [-0.2, -0.15) is 0 Å². The Morgan fingerprint density at radius 3 is 2.88 bits per heavy atom. The molecule has 128 valence electrons. The van der Waals surface area contributed by atoms with Crippen LogP contribution in [0.2, 0.25) is 0 Å². The molecule has 5 nitrogen and oxygen atoms in total. The first-order chi connectivity index (χ1) is 12.2. The number of hydrogen-bond donors (Lipinski definition) is 3. The lowest BCUT2D eigenvalue weighted by Gasteiger charge is -2.06. The number of benzene rings is 1. The van der Waals surface area contributed by atoms with E-state index in [0.29, 0.717) is 17.0 Å². The fourth-order valence-corrected chi connectivity index (χ4v) is 3.53. The van der Waals surface area contributed by atoms with Gasteiger partial charge in [-0.1, -0.05) is 36.0 Å². The number of carbonyl (C=O) groups excluding carboxylic acids is 2. The molecule has 1 aromatic heterocycles. The summed E-state index contributed by atoms with van der Waals surface area (Å²) >= 11 is 1.28. The Hall–Kier alpha value is -2.70. The van der Waals surface area contributed by atoms with E-state index in [1.165, 1.54) is 16.9 Å². The molecule has 0 saturated heterocycles. The van der Waals surface area contributed by atoms with Crippen molar-refractivity contribution in [2.24, 2.45) is 0 Å². The van der Waals surface area contributed by atoms with Gasteiger partial charge in [0.15, 0.2) is 0 Å². The van der Waals surface area contributed by atoms with Crippen molar-refractivity contribution in [3.63, 3.8) is 0 Å². The highest BCUT2D eigenvalue weighted by Crippen LogP contribution is 2.28. The van der Waals surface area contributed by atoms with E-state index >= 15 is 0 Å². The van der Waals surface area contributed by atoms with Crippen LogP contribution in [0.1, 0.15) is 28.9 Å². The lowest BCUT2D eigenvalue weighted by molar-refractivity contribution is -0.116. The number of allylic oxidation sites excluding steroid dienone is 6. The molecule has 0 radical (unpaired) electrons. The largest absolute Gasteiger partial charge is 0.326 e. The van der Waals surface area contributed by atoms with Crippen molar-refractivity contribution in [2.45, 2.75) is 19.3 Å². The molecule has 0 saturated carbocycles. The van der Waals surface area contributed by atoms with E-state index in [1.807, 2.05) is 36.4 Å². The second-order valence-corrected chi connectivity index (χ2v) is 6.78. The molecule has 3 N–H and O–H groups in total. The Labute approximate surface area is 149 Å². The Balaban J connectivity index is 1.62. The Kier molecular flexibility index (Phi) is 5.42.